The first-order chi connectivity index (χ1) is 31.5. The van der Waals surface area contributed by atoms with E-state index < -0.39 is 99.2 Å². The lowest BCUT2D eigenvalue weighted by molar-refractivity contribution is -0.209. The van der Waals surface area contributed by atoms with Gasteiger partial charge in [-0.3, -0.25) is 32.2 Å². The van der Waals surface area contributed by atoms with Crippen molar-refractivity contribution < 1.29 is 104 Å². The van der Waals surface area contributed by atoms with E-state index in [2.05, 4.69) is 27.4 Å². The Morgan fingerprint density at radius 1 is 0.418 bits per heavy atom. The molecule has 0 heterocycles. The molecule has 22 nitrogen and oxygen atoms in total. The van der Waals surface area contributed by atoms with Gasteiger partial charge in [-0.25, -0.2) is 18.3 Å². The number of phosphoric acid groups is 4. The topological polar surface area (TPSA) is 349 Å². The maximum absolute atomic E-state index is 13.3. The summed E-state index contributed by atoms with van der Waals surface area (Å²) < 4.78 is 82.1. The van der Waals surface area contributed by atoms with Crippen molar-refractivity contribution in [3.63, 3.8) is 0 Å². The molecule has 1 rings (SSSR count). The fraction of sp³-hybridized carbons (Fsp3) is 0.951. The largest absolute Gasteiger partial charge is 0.472 e. The number of rotatable bonds is 42. The van der Waals surface area contributed by atoms with Gasteiger partial charge in [-0.05, 0) is 12.8 Å². The summed E-state index contributed by atoms with van der Waals surface area (Å²) in [4.78, 5) is 92.7. The SMILES string of the molecule is CCCCCCCCCCCCCCCC(=O)OC[C@H](COP(=O)(O)O[C@H]1[C@H](O)[C@@H](OP(=O)(O)O)[C@H](OP(=O)(O)O)[C@@H](O[32P](=O)(O)O)[C@H]1O)OC(=O)CCCCCCCCCCCCCCC. The third-order valence-electron chi connectivity index (χ3n) is 11.1. The fourth-order valence-corrected chi connectivity index (χ4v) is 10.3. The lowest BCUT2D eigenvalue weighted by Crippen LogP contribution is -2.65. The monoisotopic (exact) mass is 1050 g/mol. The van der Waals surface area contributed by atoms with E-state index in [0.29, 0.717) is 12.8 Å². The van der Waals surface area contributed by atoms with Crippen molar-refractivity contribution >= 4 is 43.2 Å². The van der Waals surface area contributed by atoms with E-state index in [1.807, 2.05) is 0 Å². The molecule has 1 aliphatic rings. The third-order valence-corrected chi connectivity index (χ3v) is 13.7. The zero-order valence-electron chi connectivity index (χ0n) is 39.4. The smallest absolute Gasteiger partial charge is 0.462 e. The van der Waals surface area contributed by atoms with Crippen LogP contribution in [0, 0.1) is 0 Å². The van der Waals surface area contributed by atoms with Gasteiger partial charge in [-0.1, -0.05) is 168 Å². The van der Waals surface area contributed by atoms with Crippen LogP contribution in [0.5, 0.6) is 0 Å². The molecule has 1 unspecified atom stereocenters. The molecule has 9 N–H and O–H groups in total. The van der Waals surface area contributed by atoms with Crippen LogP contribution in [0.4, 0.5) is 0 Å². The fourth-order valence-electron chi connectivity index (χ4n) is 7.67. The molecule has 0 radical (unpaired) electrons. The molecule has 0 spiro atoms. The van der Waals surface area contributed by atoms with Gasteiger partial charge in [-0.2, -0.15) is 0 Å². The van der Waals surface area contributed by atoms with Crippen molar-refractivity contribution in [2.75, 3.05) is 13.2 Å². The number of hydrogen-bond acceptors (Lipinski definition) is 15. The number of unbranched alkanes of at least 4 members (excludes halogenated alkanes) is 24. The molecule has 0 aromatic rings. The van der Waals surface area contributed by atoms with E-state index in [0.717, 1.165) is 64.2 Å². The molecule has 1 saturated carbocycles. The molecular formula is C41H82O22P4. The van der Waals surface area contributed by atoms with Gasteiger partial charge in [0.05, 0.1) is 6.61 Å². The van der Waals surface area contributed by atoms with Gasteiger partial charge in [0.25, 0.3) is 0 Å². The Morgan fingerprint density at radius 2 is 0.731 bits per heavy atom. The van der Waals surface area contributed by atoms with Gasteiger partial charge >= 0.3 is 43.2 Å². The Hall–Kier alpha value is -0.700. The van der Waals surface area contributed by atoms with Crippen molar-refractivity contribution in [1.29, 1.82) is 0 Å². The van der Waals surface area contributed by atoms with Crippen LogP contribution < -0.4 is 0 Å². The number of carbonyl (C=O) groups excluding carboxylic acids is 2. The van der Waals surface area contributed by atoms with E-state index in [9.17, 15) is 72.3 Å². The third kappa shape index (κ3) is 33.6. The molecule has 1 fully saturated rings. The first-order valence-corrected chi connectivity index (χ1v) is 30.2. The van der Waals surface area contributed by atoms with Gasteiger partial charge in [-0.15, -0.1) is 0 Å². The lowest BCUT2D eigenvalue weighted by atomic mass is 9.85. The standard InChI is InChI=1S/C41H82O22P4/c1-3-5-7-9-11-13-15-17-19-21-23-25-27-29-34(42)57-31-33(59-35(43)30-28-26-24-22-20-18-16-14-12-10-8-6-4-2)32-58-67(55,56)63-38-36(44)39(60-64(46,47)48)41(62-66(52,53)54)40(37(38)45)61-65(49,50)51/h33,36-41,44-45H,3-32H2,1-2H3,(H,55,56)(H2,46,47,48)(H2,49,50,51)(H2,52,53,54)/t33-,36+,37+,38-,39+,40-,41-/m1/s1/i64+1. The Labute approximate surface area is 396 Å². The first-order valence-electron chi connectivity index (χ1n) is 24.1. The van der Waals surface area contributed by atoms with Crippen LogP contribution in [0.2, 0.25) is 0 Å². The average Bonchev–Trinajstić information content (AvgIpc) is 3.22. The zero-order valence-corrected chi connectivity index (χ0v) is 43.0. The predicted octanol–water partition coefficient (Wildman–Crippen LogP) is 8.08. The maximum atomic E-state index is 13.3. The second kappa shape index (κ2) is 35.4. The van der Waals surface area contributed by atoms with Gasteiger partial charge in [0, 0.05) is 12.8 Å². The molecule has 67 heavy (non-hydrogen) atoms. The van der Waals surface area contributed by atoms with Crippen molar-refractivity contribution in [3.8, 4) is 0 Å². The Bertz CT molecular complexity index is 1480. The van der Waals surface area contributed by atoms with Crippen LogP contribution in [-0.2, 0) is 59.9 Å². The van der Waals surface area contributed by atoms with Crippen LogP contribution in [0.3, 0.4) is 0 Å². The van der Waals surface area contributed by atoms with E-state index in [1.165, 1.54) is 89.9 Å². The highest BCUT2D eigenvalue weighted by molar-refractivity contribution is 7.47. The normalized spacial score (nSPS) is 21.8. The molecule has 0 bridgehead atoms. The summed E-state index contributed by atoms with van der Waals surface area (Å²) in [5.41, 5.74) is 0. The Balaban J connectivity index is 2.91. The number of carbonyl (C=O) groups is 2. The van der Waals surface area contributed by atoms with Crippen LogP contribution in [0.15, 0.2) is 0 Å². The Kier molecular flexibility index (Phi) is 34.0. The molecule has 0 aliphatic heterocycles. The van der Waals surface area contributed by atoms with Crippen molar-refractivity contribution in [2.24, 2.45) is 0 Å². The minimum absolute atomic E-state index is 0.0414. The number of hydrogen-bond donors (Lipinski definition) is 9. The maximum Gasteiger partial charge on any atom is 0.472 e. The molecule has 26 heteroatoms. The minimum Gasteiger partial charge on any atom is -0.462 e. The summed E-state index contributed by atoms with van der Waals surface area (Å²) in [7, 11) is -23.0. The van der Waals surface area contributed by atoms with Crippen LogP contribution in [0.25, 0.3) is 0 Å². The molecule has 0 amide bonds. The first kappa shape index (κ1) is 64.3. The van der Waals surface area contributed by atoms with Crippen LogP contribution >= 0.6 is 31.3 Å². The van der Waals surface area contributed by atoms with E-state index in [4.69, 9.17) is 18.5 Å². The van der Waals surface area contributed by atoms with E-state index in [1.54, 1.807) is 0 Å². The Morgan fingerprint density at radius 3 is 1.07 bits per heavy atom. The van der Waals surface area contributed by atoms with Crippen molar-refractivity contribution in [2.45, 2.75) is 236 Å². The summed E-state index contributed by atoms with van der Waals surface area (Å²) >= 11 is 0. The number of esters is 2. The molecule has 0 saturated heterocycles. The molecule has 1 aliphatic carbocycles. The van der Waals surface area contributed by atoms with E-state index in [-0.39, 0.29) is 12.8 Å². The average molecular weight is 1050 g/mol. The second-order valence-electron chi connectivity index (χ2n) is 17.3. The number of aliphatic hydroxyl groups excluding tert-OH is 2. The number of aliphatic hydroxyl groups is 2. The number of phosphoric ester groups is 4. The highest BCUT2D eigenvalue weighted by Crippen LogP contribution is 2.53. The zero-order chi connectivity index (χ0) is 50.4. The minimum atomic E-state index is -5.78. The van der Waals surface area contributed by atoms with Gasteiger partial charge in [0.2, 0.25) is 0 Å². The van der Waals surface area contributed by atoms with Gasteiger partial charge in [0.1, 0.15) is 43.2 Å². The molecule has 0 aromatic heterocycles. The molecular weight excluding hydrogens is 969 g/mol. The van der Waals surface area contributed by atoms with Gasteiger partial charge < -0.3 is 53.9 Å². The molecule has 398 valence electrons. The highest BCUT2D eigenvalue weighted by atomic mass is 32.2. The summed E-state index contributed by atoms with van der Waals surface area (Å²) in [6.45, 7) is 2.75. The number of ether oxygens (including phenoxy) is 2. The predicted molar refractivity (Wildman–Crippen MR) is 245 cm³/mol. The van der Waals surface area contributed by atoms with E-state index >= 15 is 0 Å². The van der Waals surface area contributed by atoms with Crippen molar-refractivity contribution in [1.82, 2.24) is 0 Å². The summed E-state index contributed by atoms with van der Waals surface area (Å²) in [5, 5.41) is 21.8. The summed E-state index contributed by atoms with van der Waals surface area (Å²) in [6.07, 6.45) is 10.4. The van der Waals surface area contributed by atoms with Crippen LogP contribution in [-0.4, -0.2) is 112 Å². The quantitative estimate of drug-likeness (QED) is 0.0158. The molecule has 8 atom stereocenters. The summed E-state index contributed by atoms with van der Waals surface area (Å²) in [5.74, 6) is -1.39. The van der Waals surface area contributed by atoms with Crippen molar-refractivity contribution in [3.05, 3.63) is 0 Å². The molecule has 0 aromatic carbocycles. The van der Waals surface area contributed by atoms with Gasteiger partial charge in [0.15, 0.2) is 6.10 Å². The lowest BCUT2D eigenvalue weighted by Gasteiger charge is -2.45. The summed E-state index contributed by atoms with van der Waals surface area (Å²) in [6, 6.07) is 0. The second-order valence-corrected chi connectivity index (χ2v) is 22.3. The van der Waals surface area contributed by atoms with Crippen LogP contribution in [0.1, 0.15) is 194 Å². The highest BCUT2D eigenvalue weighted by Gasteiger charge is 2.59.